The second-order valence-electron chi connectivity index (χ2n) is 4.04. The molecule has 0 spiro atoms. The van der Waals surface area contributed by atoms with Crippen LogP contribution in [0, 0.1) is 0 Å². The van der Waals surface area contributed by atoms with Crippen LogP contribution in [-0.2, 0) is 11.2 Å². The number of carboxylic acid groups (broad SMARTS) is 1. The van der Waals surface area contributed by atoms with Gasteiger partial charge < -0.3 is 14.8 Å². The second kappa shape index (κ2) is 3.75. The first kappa shape index (κ1) is 10.9. The van der Waals surface area contributed by atoms with Gasteiger partial charge in [-0.1, -0.05) is 0 Å². The quantitative estimate of drug-likeness (QED) is 0.747. The van der Waals surface area contributed by atoms with Crippen molar-refractivity contribution < 1.29 is 14.6 Å². The number of H-pyrrole nitrogens is 1. The van der Waals surface area contributed by atoms with Gasteiger partial charge >= 0.3 is 5.97 Å². The maximum Gasteiger partial charge on any atom is 0.341 e. The van der Waals surface area contributed by atoms with Gasteiger partial charge in [0.25, 0.3) is 5.56 Å². The lowest BCUT2D eigenvalue weighted by molar-refractivity contribution is -0.00607. The zero-order valence-electron chi connectivity index (χ0n) is 9.11. The third-order valence-electron chi connectivity index (χ3n) is 2.75. The minimum atomic E-state index is -1.21. The molecule has 1 aliphatic heterocycles. The number of nitrogens with one attached hydrogen (secondary N) is 1. The summed E-state index contributed by atoms with van der Waals surface area (Å²) >= 11 is 0. The average Bonchev–Trinajstić information content (AvgIpc) is 2.15. The fraction of sp³-hybridized carbons (Fsp3) is 0.455. The number of ether oxygens (including phenoxy) is 1. The van der Waals surface area contributed by atoms with Gasteiger partial charge in [-0.15, -0.1) is 0 Å². The summed E-state index contributed by atoms with van der Waals surface area (Å²) in [5, 5.41) is 8.84. The van der Waals surface area contributed by atoms with E-state index in [1.165, 1.54) is 6.07 Å². The van der Waals surface area contributed by atoms with Crippen molar-refractivity contribution in [2.75, 3.05) is 0 Å². The van der Waals surface area contributed by atoms with E-state index in [0.717, 1.165) is 11.3 Å². The van der Waals surface area contributed by atoms with Crippen molar-refractivity contribution in [1.29, 1.82) is 0 Å². The molecule has 86 valence electrons. The summed E-state index contributed by atoms with van der Waals surface area (Å²) in [5.41, 5.74) is 0.757. The molecule has 16 heavy (non-hydrogen) atoms. The Morgan fingerprint density at radius 3 is 2.88 bits per heavy atom. The van der Waals surface area contributed by atoms with E-state index in [9.17, 15) is 9.59 Å². The summed E-state index contributed by atoms with van der Waals surface area (Å²) in [6.07, 6.45) is 0.456. The van der Waals surface area contributed by atoms with Gasteiger partial charge in [-0.2, -0.15) is 0 Å². The third kappa shape index (κ3) is 1.74. The number of carboxylic acids is 1. The van der Waals surface area contributed by atoms with Gasteiger partial charge in [0, 0.05) is 17.7 Å². The summed E-state index contributed by atoms with van der Waals surface area (Å²) < 4.78 is 5.57. The predicted molar refractivity (Wildman–Crippen MR) is 56.7 cm³/mol. The minimum Gasteiger partial charge on any atom is -0.477 e. The number of aromatic nitrogens is 1. The Hall–Kier alpha value is -1.62. The van der Waals surface area contributed by atoms with Crippen molar-refractivity contribution in [2.45, 2.75) is 32.5 Å². The van der Waals surface area contributed by atoms with Gasteiger partial charge in [-0.3, -0.25) is 4.79 Å². The molecule has 1 aromatic rings. The van der Waals surface area contributed by atoms with Gasteiger partial charge in [0.05, 0.1) is 12.2 Å². The maximum absolute atomic E-state index is 11.5. The van der Waals surface area contributed by atoms with Crippen LogP contribution in [0.4, 0.5) is 0 Å². The molecule has 0 fully saturated rings. The van der Waals surface area contributed by atoms with Gasteiger partial charge in [0.15, 0.2) is 0 Å². The van der Waals surface area contributed by atoms with E-state index in [-0.39, 0.29) is 17.8 Å². The van der Waals surface area contributed by atoms with Crippen LogP contribution in [0.25, 0.3) is 0 Å². The second-order valence-corrected chi connectivity index (χ2v) is 4.04. The standard InChI is InChI=1S/C11H13NO4/c1-5-3-9-7(6(2)16-5)4-8(11(14)15)10(13)12-9/h4-6H,3H2,1-2H3,(H,12,13)(H,14,15). The number of hydrogen-bond acceptors (Lipinski definition) is 3. The van der Waals surface area contributed by atoms with E-state index in [0.29, 0.717) is 6.42 Å². The van der Waals surface area contributed by atoms with Crippen LogP contribution in [0.2, 0.25) is 0 Å². The molecule has 2 heterocycles. The summed E-state index contributed by atoms with van der Waals surface area (Å²) in [6.45, 7) is 3.77. The zero-order valence-corrected chi connectivity index (χ0v) is 9.11. The predicted octanol–water partition coefficient (Wildman–Crippen LogP) is 1.10. The number of aromatic carboxylic acids is 1. The number of pyridine rings is 1. The van der Waals surface area contributed by atoms with Crippen molar-refractivity contribution in [1.82, 2.24) is 4.98 Å². The molecule has 1 aromatic heterocycles. The number of carbonyl (C=O) groups is 1. The molecule has 2 N–H and O–H groups in total. The first-order valence-corrected chi connectivity index (χ1v) is 5.14. The smallest absolute Gasteiger partial charge is 0.341 e. The van der Waals surface area contributed by atoms with Crippen LogP contribution in [-0.4, -0.2) is 22.2 Å². The van der Waals surface area contributed by atoms with Crippen molar-refractivity contribution in [3.63, 3.8) is 0 Å². The molecule has 5 nitrogen and oxygen atoms in total. The number of aromatic amines is 1. The minimum absolute atomic E-state index is 0.0360. The van der Waals surface area contributed by atoms with E-state index in [2.05, 4.69) is 4.98 Å². The van der Waals surface area contributed by atoms with Crippen LogP contribution < -0.4 is 5.56 Å². The van der Waals surface area contributed by atoms with Crippen molar-refractivity contribution in [3.8, 4) is 0 Å². The van der Waals surface area contributed by atoms with E-state index in [4.69, 9.17) is 9.84 Å². The SMILES string of the molecule is CC1Cc2[nH]c(=O)c(C(=O)O)cc2C(C)O1. The summed E-state index contributed by atoms with van der Waals surface area (Å²) in [7, 11) is 0. The van der Waals surface area contributed by atoms with Crippen molar-refractivity contribution in [2.24, 2.45) is 0 Å². The monoisotopic (exact) mass is 223 g/mol. The number of hydrogen-bond donors (Lipinski definition) is 2. The lowest BCUT2D eigenvalue weighted by Gasteiger charge is -2.27. The average molecular weight is 223 g/mol. The summed E-state index contributed by atoms with van der Waals surface area (Å²) in [5.74, 6) is -1.21. The largest absolute Gasteiger partial charge is 0.477 e. The molecular weight excluding hydrogens is 210 g/mol. The van der Waals surface area contributed by atoms with Gasteiger partial charge in [0.2, 0.25) is 0 Å². The highest BCUT2D eigenvalue weighted by molar-refractivity contribution is 5.87. The fourth-order valence-corrected chi connectivity index (χ4v) is 2.03. The topological polar surface area (TPSA) is 79.4 Å². The summed E-state index contributed by atoms with van der Waals surface area (Å²) in [4.78, 5) is 24.9. The highest BCUT2D eigenvalue weighted by atomic mass is 16.5. The Kier molecular flexibility index (Phi) is 2.55. The first-order chi connectivity index (χ1) is 7.49. The number of fused-ring (bicyclic) bond motifs is 1. The molecule has 0 saturated carbocycles. The van der Waals surface area contributed by atoms with Crippen molar-refractivity contribution >= 4 is 5.97 Å². The Bertz CT molecular complexity index is 491. The molecule has 0 bridgehead atoms. The van der Waals surface area contributed by atoms with Crippen LogP contribution in [0.5, 0.6) is 0 Å². The molecular formula is C11H13NO4. The molecule has 0 saturated heterocycles. The van der Waals surface area contributed by atoms with Gasteiger partial charge in [-0.05, 0) is 19.9 Å². The normalized spacial score (nSPS) is 23.9. The highest BCUT2D eigenvalue weighted by Gasteiger charge is 2.24. The maximum atomic E-state index is 11.5. The van der Waals surface area contributed by atoms with E-state index in [1.54, 1.807) is 0 Å². The lowest BCUT2D eigenvalue weighted by atomic mass is 9.99. The molecule has 0 amide bonds. The number of rotatable bonds is 1. The van der Waals surface area contributed by atoms with Crippen molar-refractivity contribution in [3.05, 3.63) is 33.2 Å². The van der Waals surface area contributed by atoms with Crippen LogP contribution in [0.15, 0.2) is 10.9 Å². The van der Waals surface area contributed by atoms with Crippen LogP contribution >= 0.6 is 0 Å². The molecule has 0 radical (unpaired) electrons. The Morgan fingerprint density at radius 1 is 1.56 bits per heavy atom. The molecule has 5 heteroatoms. The van der Waals surface area contributed by atoms with Crippen LogP contribution in [0.3, 0.4) is 0 Å². The van der Waals surface area contributed by atoms with E-state index in [1.807, 2.05) is 13.8 Å². The zero-order chi connectivity index (χ0) is 11.9. The van der Waals surface area contributed by atoms with E-state index >= 15 is 0 Å². The van der Waals surface area contributed by atoms with Gasteiger partial charge in [0.1, 0.15) is 5.56 Å². The fourth-order valence-electron chi connectivity index (χ4n) is 2.03. The molecule has 1 aliphatic rings. The molecule has 2 unspecified atom stereocenters. The Labute approximate surface area is 92.1 Å². The summed E-state index contributed by atoms with van der Waals surface area (Å²) in [6, 6.07) is 1.41. The van der Waals surface area contributed by atoms with Gasteiger partial charge in [-0.25, -0.2) is 4.79 Å². The van der Waals surface area contributed by atoms with Crippen LogP contribution in [0.1, 0.15) is 41.6 Å². The third-order valence-corrected chi connectivity index (χ3v) is 2.75. The molecule has 2 rings (SSSR count). The van der Waals surface area contributed by atoms with E-state index < -0.39 is 11.5 Å². The lowest BCUT2D eigenvalue weighted by Crippen LogP contribution is -2.28. The molecule has 0 aliphatic carbocycles. The first-order valence-electron chi connectivity index (χ1n) is 5.14. The Morgan fingerprint density at radius 2 is 2.25 bits per heavy atom. The molecule has 0 aromatic carbocycles. The Balaban J connectivity index is 2.57. The molecule has 2 atom stereocenters. The highest BCUT2D eigenvalue weighted by Crippen LogP contribution is 2.28.